The first-order chi connectivity index (χ1) is 7.66. The average Bonchev–Trinajstić information content (AvgIpc) is 2.60. The van der Waals surface area contributed by atoms with Gasteiger partial charge in [-0.25, -0.2) is 8.42 Å². The fourth-order valence-corrected chi connectivity index (χ4v) is 2.62. The summed E-state index contributed by atoms with van der Waals surface area (Å²) in [5, 5.41) is 0. The number of sulfonamides is 1. The molecule has 0 atom stereocenters. The van der Waals surface area contributed by atoms with E-state index >= 15 is 0 Å². The second kappa shape index (κ2) is 4.76. The minimum absolute atomic E-state index is 0.122. The number of benzene rings is 1. The number of hydrogen-bond donors (Lipinski definition) is 0. The van der Waals surface area contributed by atoms with Crippen LogP contribution in [0, 0.1) is 0 Å². The third kappa shape index (κ3) is 3.15. The number of ether oxygens (including phenoxy) is 1. The Kier molecular flexibility index (Phi) is 3.36. The van der Waals surface area contributed by atoms with Crippen LogP contribution in [0.25, 0.3) is 0 Å². The van der Waals surface area contributed by atoms with Gasteiger partial charge in [0.05, 0.1) is 24.7 Å². The molecule has 0 amide bonds. The van der Waals surface area contributed by atoms with E-state index in [4.69, 9.17) is 4.74 Å². The number of rotatable bonds is 4. The summed E-state index contributed by atoms with van der Waals surface area (Å²) in [7, 11) is -3.18. The Bertz CT molecular complexity index is 479. The fourth-order valence-electron chi connectivity index (χ4n) is 1.49. The smallest absolute Gasteiger partial charge is 0.253 e. The maximum absolute atomic E-state index is 11.0. The molecule has 1 aromatic carbocycles. The summed E-state index contributed by atoms with van der Waals surface area (Å²) in [6.45, 7) is 0.786. The van der Waals surface area contributed by atoms with Crippen LogP contribution < -0.4 is 0 Å². The Morgan fingerprint density at radius 2 is 1.94 bits per heavy atom. The molecule has 0 aliphatic carbocycles. The predicted molar refractivity (Wildman–Crippen MR) is 61.9 cm³/mol. The molecule has 1 heterocycles. The monoisotopic (exact) mass is 239 g/mol. The topological polar surface area (TPSA) is 55.7 Å². The second-order valence-corrected chi connectivity index (χ2v) is 5.43. The Balaban J connectivity index is 1.82. The van der Waals surface area contributed by atoms with E-state index in [-0.39, 0.29) is 5.75 Å². The molecule has 1 aromatic rings. The van der Waals surface area contributed by atoms with Crippen molar-refractivity contribution in [3.63, 3.8) is 0 Å². The van der Waals surface area contributed by atoms with E-state index in [0.717, 1.165) is 5.56 Å². The van der Waals surface area contributed by atoms with E-state index < -0.39 is 10.0 Å². The summed E-state index contributed by atoms with van der Waals surface area (Å²) in [5.74, 6) is 0.122. The molecular formula is C11H13NO3S. The van der Waals surface area contributed by atoms with E-state index in [1.807, 2.05) is 30.3 Å². The highest BCUT2D eigenvalue weighted by atomic mass is 32.2. The van der Waals surface area contributed by atoms with Crippen molar-refractivity contribution in [3.05, 3.63) is 35.9 Å². The van der Waals surface area contributed by atoms with Crippen LogP contribution in [0.1, 0.15) is 12.0 Å². The predicted octanol–water partition coefficient (Wildman–Crippen LogP) is 1.38. The molecule has 0 saturated carbocycles. The lowest BCUT2D eigenvalue weighted by atomic mass is 10.2. The first-order valence-electron chi connectivity index (χ1n) is 5.08. The highest BCUT2D eigenvalue weighted by Gasteiger charge is 2.19. The van der Waals surface area contributed by atoms with Gasteiger partial charge in [0.1, 0.15) is 0 Å². The van der Waals surface area contributed by atoms with E-state index in [1.165, 1.54) is 0 Å². The highest BCUT2D eigenvalue weighted by Crippen LogP contribution is 2.09. The van der Waals surface area contributed by atoms with Crippen molar-refractivity contribution >= 4 is 15.7 Å². The van der Waals surface area contributed by atoms with Gasteiger partial charge >= 0.3 is 0 Å². The molecule has 0 radical (unpaired) electrons. The zero-order valence-corrected chi connectivity index (χ0v) is 9.61. The lowest BCUT2D eigenvalue weighted by Crippen LogP contribution is -2.06. The molecule has 0 fully saturated rings. The molecule has 0 bridgehead atoms. The minimum atomic E-state index is -3.18. The Hall–Kier alpha value is -1.20. The maximum atomic E-state index is 11.0. The van der Waals surface area contributed by atoms with Crippen LogP contribution in [0.5, 0.6) is 0 Å². The first-order valence-corrected chi connectivity index (χ1v) is 6.69. The number of hydrogen-bond acceptors (Lipinski definition) is 3. The molecule has 0 N–H and O–H groups in total. The molecule has 1 aliphatic rings. The first kappa shape index (κ1) is 11.3. The molecule has 2 rings (SSSR count). The normalized spacial score (nSPS) is 18.4. The van der Waals surface area contributed by atoms with Crippen LogP contribution in [0.15, 0.2) is 34.7 Å². The summed E-state index contributed by atoms with van der Waals surface area (Å²) in [4.78, 5) is 0. The molecule has 86 valence electrons. The fraction of sp³-hybridized carbons (Fsp3) is 0.364. The van der Waals surface area contributed by atoms with Crippen molar-refractivity contribution in [2.24, 2.45) is 4.40 Å². The van der Waals surface area contributed by atoms with Crippen LogP contribution in [0.2, 0.25) is 0 Å². The van der Waals surface area contributed by atoms with Crippen molar-refractivity contribution in [1.29, 1.82) is 0 Å². The van der Waals surface area contributed by atoms with Gasteiger partial charge in [-0.3, -0.25) is 0 Å². The van der Waals surface area contributed by atoms with E-state index in [2.05, 4.69) is 4.40 Å². The molecule has 16 heavy (non-hydrogen) atoms. The van der Waals surface area contributed by atoms with Gasteiger partial charge < -0.3 is 4.74 Å². The Morgan fingerprint density at radius 3 is 2.56 bits per heavy atom. The average molecular weight is 239 g/mol. The van der Waals surface area contributed by atoms with E-state index in [1.54, 1.807) is 0 Å². The molecule has 1 aliphatic heterocycles. The van der Waals surface area contributed by atoms with Crippen molar-refractivity contribution in [2.75, 3.05) is 12.4 Å². The zero-order valence-electron chi connectivity index (χ0n) is 8.80. The van der Waals surface area contributed by atoms with Crippen molar-refractivity contribution in [1.82, 2.24) is 0 Å². The van der Waals surface area contributed by atoms with Gasteiger partial charge in [0.2, 0.25) is 0 Å². The summed E-state index contributed by atoms with van der Waals surface area (Å²) in [5.41, 5.74) is 1.69. The summed E-state index contributed by atoms with van der Waals surface area (Å²) >= 11 is 0. The lowest BCUT2D eigenvalue weighted by Gasteiger charge is -2.02. The van der Waals surface area contributed by atoms with Crippen LogP contribution in [0.3, 0.4) is 0 Å². The Labute approximate surface area is 95.0 Å². The standard InChI is InChI=1S/C11H13NO3S/c13-16(14)7-6-11(12-16)9-15-8-10-4-2-1-3-5-10/h1-5H,6-9H2. The molecular weight excluding hydrogens is 226 g/mol. The quantitative estimate of drug-likeness (QED) is 0.797. The molecule has 0 aromatic heterocycles. The van der Waals surface area contributed by atoms with Gasteiger partial charge in [-0.2, -0.15) is 4.40 Å². The van der Waals surface area contributed by atoms with Gasteiger partial charge in [0, 0.05) is 6.42 Å². The van der Waals surface area contributed by atoms with Crippen LogP contribution in [-0.4, -0.2) is 26.5 Å². The second-order valence-electron chi connectivity index (χ2n) is 3.67. The van der Waals surface area contributed by atoms with E-state index in [9.17, 15) is 8.42 Å². The molecule has 0 spiro atoms. The molecule has 4 nitrogen and oxygen atoms in total. The van der Waals surface area contributed by atoms with Gasteiger partial charge in [0.25, 0.3) is 10.0 Å². The SMILES string of the molecule is O=S1(=O)CCC(COCc2ccccc2)=N1. The van der Waals surface area contributed by atoms with Gasteiger partial charge in [-0.05, 0) is 5.56 Å². The van der Waals surface area contributed by atoms with Gasteiger partial charge in [-0.1, -0.05) is 30.3 Å². The van der Waals surface area contributed by atoms with Crippen LogP contribution in [-0.2, 0) is 21.4 Å². The van der Waals surface area contributed by atoms with Crippen molar-refractivity contribution < 1.29 is 13.2 Å². The van der Waals surface area contributed by atoms with Crippen LogP contribution in [0.4, 0.5) is 0 Å². The molecule has 0 unspecified atom stereocenters. The third-order valence-electron chi connectivity index (χ3n) is 2.30. The number of nitrogens with zero attached hydrogens (tertiary/aromatic N) is 1. The summed E-state index contributed by atoms with van der Waals surface area (Å²) in [6, 6.07) is 9.75. The zero-order chi connectivity index (χ0) is 11.4. The summed E-state index contributed by atoms with van der Waals surface area (Å²) in [6.07, 6.45) is 0.497. The maximum Gasteiger partial charge on any atom is 0.253 e. The van der Waals surface area contributed by atoms with Gasteiger partial charge in [-0.15, -0.1) is 0 Å². The highest BCUT2D eigenvalue weighted by molar-refractivity contribution is 7.90. The van der Waals surface area contributed by atoms with Crippen molar-refractivity contribution in [3.8, 4) is 0 Å². The summed E-state index contributed by atoms with van der Waals surface area (Å²) < 4.78 is 31.1. The largest absolute Gasteiger partial charge is 0.371 e. The Morgan fingerprint density at radius 1 is 1.19 bits per heavy atom. The van der Waals surface area contributed by atoms with Gasteiger partial charge in [0.15, 0.2) is 0 Å². The van der Waals surface area contributed by atoms with E-state index in [0.29, 0.717) is 25.3 Å². The molecule has 5 heteroatoms. The lowest BCUT2D eigenvalue weighted by molar-refractivity contribution is 0.157. The molecule has 0 saturated heterocycles. The minimum Gasteiger partial charge on any atom is -0.371 e. The van der Waals surface area contributed by atoms with Crippen molar-refractivity contribution in [2.45, 2.75) is 13.0 Å². The third-order valence-corrected chi connectivity index (χ3v) is 3.55. The van der Waals surface area contributed by atoms with Crippen LogP contribution >= 0.6 is 0 Å².